The molecule has 0 saturated heterocycles. The van der Waals surface area contributed by atoms with Crippen LogP contribution >= 0.6 is 0 Å². The van der Waals surface area contributed by atoms with Crippen molar-refractivity contribution in [2.45, 2.75) is 44.4 Å². The number of aryl methyl sites for hydroxylation is 2. The fourth-order valence-electron chi connectivity index (χ4n) is 1.68. The van der Waals surface area contributed by atoms with Crippen LogP contribution in [0, 0.1) is 0 Å². The van der Waals surface area contributed by atoms with Gasteiger partial charge in [0.2, 0.25) is 0 Å². The maximum atomic E-state index is 11.7. The van der Waals surface area contributed by atoms with Gasteiger partial charge in [-0.2, -0.15) is 5.10 Å². The highest BCUT2D eigenvalue weighted by Gasteiger charge is 2.37. The van der Waals surface area contributed by atoms with E-state index in [-0.39, 0.29) is 0 Å². The van der Waals surface area contributed by atoms with E-state index in [2.05, 4.69) is 5.10 Å². The van der Waals surface area contributed by atoms with Crippen LogP contribution in [0.2, 0.25) is 0 Å². The summed E-state index contributed by atoms with van der Waals surface area (Å²) in [6, 6.07) is 1.53. The average molecular weight is 273 g/mol. The van der Waals surface area contributed by atoms with Crippen molar-refractivity contribution in [1.29, 1.82) is 0 Å². The van der Waals surface area contributed by atoms with Gasteiger partial charge in [0.15, 0.2) is 9.84 Å². The van der Waals surface area contributed by atoms with Gasteiger partial charge in [-0.3, -0.25) is 4.68 Å². The van der Waals surface area contributed by atoms with Gasteiger partial charge < -0.3 is 5.73 Å². The van der Waals surface area contributed by atoms with E-state index in [9.17, 15) is 8.42 Å². The zero-order valence-electron chi connectivity index (χ0n) is 11.8. The molecule has 0 fully saturated rings. The molecular weight excluding hydrogens is 250 g/mol. The Labute approximate surface area is 109 Å². The topological polar surface area (TPSA) is 78.0 Å². The third-order valence-electron chi connectivity index (χ3n) is 3.67. The summed E-state index contributed by atoms with van der Waals surface area (Å²) >= 11 is 0. The van der Waals surface area contributed by atoms with Gasteiger partial charge in [-0.15, -0.1) is 0 Å². The molecular formula is C12H23N3O2S. The molecule has 1 aromatic rings. The van der Waals surface area contributed by atoms with E-state index in [1.54, 1.807) is 18.5 Å². The summed E-state index contributed by atoms with van der Waals surface area (Å²) in [6.07, 6.45) is 2.59. The van der Waals surface area contributed by atoms with Crippen molar-refractivity contribution < 1.29 is 8.42 Å². The van der Waals surface area contributed by atoms with Crippen LogP contribution in [0.3, 0.4) is 0 Å². The highest BCUT2D eigenvalue weighted by atomic mass is 32.2. The zero-order chi connectivity index (χ0) is 14.1. The first-order chi connectivity index (χ1) is 8.09. The highest BCUT2D eigenvalue weighted by molar-refractivity contribution is 7.92. The van der Waals surface area contributed by atoms with E-state index in [1.165, 1.54) is 6.26 Å². The van der Waals surface area contributed by atoms with Crippen molar-refractivity contribution in [2.24, 2.45) is 12.8 Å². The number of hydrogen-bond acceptors (Lipinski definition) is 4. The molecule has 0 amide bonds. The predicted octanol–water partition coefficient (Wildman–Crippen LogP) is 0.675. The highest BCUT2D eigenvalue weighted by Crippen LogP contribution is 2.21. The summed E-state index contributed by atoms with van der Waals surface area (Å²) in [6.45, 7) is 5.38. The van der Waals surface area contributed by atoms with Crippen LogP contribution in [0.5, 0.6) is 0 Å². The lowest BCUT2D eigenvalue weighted by Gasteiger charge is -2.29. The van der Waals surface area contributed by atoms with Crippen molar-refractivity contribution in [3.8, 4) is 0 Å². The Hall–Kier alpha value is -0.880. The van der Waals surface area contributed by atoms with Crippen molar-refractivity contribution in [3.05, 3.63) is 17.5 Å². The number of rotatable bonds is 5. The summed E-state index contributed by atoms with van der Waals surface area (Å²) in [5.74, 6) is 0. The molecule has 6 heteroatoms. The minimum absolute atomic E-state index is 0.451. The molecule has 1 aromatic heterocycles. The van der Waals surface area contributed by atoms with Crippen LogP contribution in [-0.4, -0.2) is 35.2 Å². The van der Waals surface area contributed by atoms with Gasteiger partial charge in [0.25, 0.3) is 0 Å². The molecule has 1 unspecified atom stereocenters. The number of nitrogens with zero attached hydrogens (tertiary/aromatic N) is 2. The Kier molecular flexibility index (Phi) is 4.23. The summed E-state index contributed by atoms with van der Waals surface area (Å²) < 4.78 is 24.3. The normalized spacial score (nSPS) is 14.8. The molecule has 0 bridgehead atoms. The summed E-state index contributed by atoms with van der Waals surface area (Å²) in [4.78, 5) is 0. The van der Waals surface area contributed by atoms with Gasteiger partial charge >= 0.3 is 0 Å². The predicted molar refractivity (Wildman–Crippen MR) is 73.2 cm³/mol. The number of hydrogen-bond donors (Lipinski definition) is 1. The number of nitrogens with two attached hydrogens (primary N) is 1. The van der Waals surface area contributed by atoms with Crippen LogP contribution in [0.25, 0.3) is 0 Å². The van der Waals surface area contributed by atoms with Crippen molar-refractivity contribution in [2.75, 3.05) is 6.26 Å². The standard InChI is InChI=1S/C12H23N3O2S/c1-6-9-7-10(15(4)14-9)8-11(13)12(2,3)18(5,16)17/h7,11H,6,8,13H2,1-5H3. The largest absolute Gasteiger partial charge is 0.326 e. The fraction of sp³-hybridized carbons (Fsp3) is 0.750. The molecule has 2 N–H and O–H groups in total. The van der Waals surface area contributed by atoms with E-state index in [0.717, 1.165) is 17.8 Å². The van der Waals surface area contributed by atoms with Crippen molar-refractivity contribution in [3.63, 3.8) is 0 Å². The van der Waals surface area contributed by atoms with Crippen LogP contribution in [0.15, 0.2) is 6.07 Å². The van der Waals surface area contributed by atoms with E-state index < -0.39 is 20.6 Å². The molecule has 0 aliphatic heterocycles. The molecule has 1 rings (SSSR count). The third kappa shape index (κ3) is 2.92. The van der Waals surface area contributed by atoms with Gasteiger partial charge in [-0.1, -0.05) is 6.92 Å². The van der Waals surface area contributed by atoms with Crippen LogP contribution in [0.4, 0.5) is 0 Å². The lowest BCUT2D eigenvalue weighted by Crippen LogP contribution is -2.50. The fourth-order valence-corrected chi connectivity index (χ4v) is 2.31. The molecule has 18 heavy (non-hydrogen) atoms. The Morgan fingerprint density at radius 2 is 2.06 bits per heavy atom. The second-order valence-electron chi connectivity index (χ2n) is 5.29. The maximum absolute atomic E-state index is 11.7. The second kappa shape index (κ2) is 5.01. The minimum Gasteiger partial charge on any atom is -0.326 e. The van der Waals surface area contributed by atoms with Gasteiger partial charge in [-0.25, -0.2) is 8.42 Å². The number of sulfone groups is 1. The average Bonchev–Trinajstić information content (AvgIpc) is 2.58. The molecule has 0 radical (unpaired) electrons. The molecule has 104 valence electrons. The summed E-state index contributed by atoms with van der Waals surface area (Å²) in [5.41, 5.74) is 8.03. The first-order valence-electron chi connectivity index (χ1n) is 6.06. The Morgan fingerprint density at radius 3 is 2.44 bits per heavy atom. The van der Waals surface area contributed by atoms with E-state index in [0.29, 0.717) is 6.42 Å². The molecule has 1 heterocycles. The van der Waals surface area contributed by atoms with Crippen LogP contribution in [-0.2, 0) is 29.7 Å². The Morgan fingerprint density at radius 1 is 1.50 bits per heavy atom. The van der Waals surface area contributed by atoms with Gasteiger partial charge in [0.05, 0.1) is 10.4 Å². The molecule has 5 nitrogen and oxygen atoms in total. The maximum Gasteiger partial charge on any atom is 0.154 e. The van der Waals surface area contributed by atoms with E-state index in [1.807, 2.05) is 20.0 Å². The van der Waals surface area contributed by atoms with Gasteiger partial charge in [-0.05, 0) is 26.3 Å². The third-order valence-corrected chi connectivity index (χ3v) is 5.88. The van der Waals surface area contributed by atoms with Crippen molar-refractivity contribution >= 4 is 9.84 Å². The minimum atomic E-state index is -3.19. The molecule has 0 aromatic carbocycles. The smallest absolute Gasteiger partial charge is 0.154 e. The van der Waals surface area contributed by atoms with Gasteiger partial charge in [0, 0.05) is 31.5 Å². The molecule has 0 aliphatic carbocycles. The van der Waals surface area contributed by atoms with Crippen LogP contribution < -0.4 is 5.73 Å². The molecule has 0 spiro atoms. The lowest BCUT2D eigenvalue weighted by molar-refractivity contribution is 0.473. The number of aromatic nitrogens is 2. The second-order valence-corrected chi connectivity index (χ2v) is 7.89. The van der Waals surface area contributed by atoms with Crippen molar-refractivity contribution in [1.82, 2.24) is 9.78 Å². The van der Waals surface area contributed by atoms with E-state index in [4.69, 9.17) is 5.73 Å². The summed E-state index contributed by atoms with van der Waals surface area (Å²) in [7, 11) is -1.33. The molecule has 1 atom stereocenters. The first-order valence-corrected chi connectivity index (χ1v) is 7.95. The Bertz CT molecular complexity index is 517. The lowest BCUT2D eigenvalue weighted by atomic mass is 9.99. The SMILES string of the molecule is CCc1cc(CC(N)C(C)(C)S(C)(=O)=O)n(C)n1. The zero-order valence-corrected chi connectivity index (χ0v) is 12.6. The summed E-state index contributed by atoms with van der Waals surface area (Å²) in [5, 5.41) is 4.34. The molecule has 0 aliphatic rings. The van der Waals surface area contributed by atoms with Crippen LogP contribution in [0.1, 0.15) is 32.2 Å². The first kappa shape index (κ1) is 15.2. The monoisotopic (exact) mass is 273 g/mol. The van der Waals surface area contributed by atoms with E-state index >= 15 is 0 Å². The molecule has 0 saturated carbocycles. The quantitative estimate of drug-likeness (QED) is 0.855. The Balaban J connectivity index is 2.94. The van der Waals surface area contributed by atoms with Gasteiger partial charge in [0.1, 0.15) is 0 Å².